The molecule has 0 saturated heterocycles. The molecule has 31 heavy (non-hydrogen) atoms. The van der Waals surface area contributed by atoms with Gasteiger partial charge in [0.15, 0.2) is 0 Å². The maximum Gasteiger partial charge on any atom is 0.253 e. The van der Waals surface area contributed by atoms with E-state index in [0.717, 1.165) is 36.9 Å². The summed E-state index contributed by atoms with van der Waals surface area (Å²) in [5, 5.41) is 4.23. The quantitative estimate of drug-likeness (QED) is 0.673. The Morgan fingerprint density at radius 1 is 1.16 bits per heavy atom. The summed E-state index contributed by atoms with van der Waals surface area (Å²) in [6.07, 6.45) is 5.23. The number of fused-ring (bicyclic) bond motifs is 1. The van der Waals surface area contributed by atoms with Crippen molar-refractivity contribution < 1.29 is 9.59 Å². The van der Waals surface area contributed by atoms with Gasteiger partial charge in [-0.15, -0.1) is 0 Å². The molecule has 4 rings (SSSR count). The average molecular weight is 460 g/mol. The van der Waals surface area contributed by atoms with Crippen LogP contribution in [-0.2, 0) is 10.2 Å². The molecule has 1 N–H and O–H groups in total. The fourth-order valence-electron chi connectivity index (χ4n) is 4.75. The normalized spacial score (nSPS) is 22.4. The molecular weight excluding hydrogens is 433 g/mol. The van der Waals surface area contributed by atoms with Gasteiger partial charge in [0.05, 0.1) is 21.7 Å². The molecule has 0 atom stereocenters. The van der Waals surface area contributed by atoms with Gasteiger partial charge < -0.3 is 10.2 Å². The first-order valence-corrected chi connectivity index (χ1v) is 11.5. The van der Waals surface area contributed by atoms with Gasteiger partial charge in [-0.25, -0.2) is 0 Å². The van der Waals surface area contributed by atoms with E-state index < -0.39 is 5.41 Å². The summed E-state index contributed by atoms with van der Waals surface area (Å²) >= 11 is 12.2. The summed E-state index contributed by atoms with van der Waals surface area (Å²) in [6.45, 7) is 6.44. The molecule has 5 nitrogen and oxygen atoms in total. The van der Waals surface area contributed by atoms with Crippen molar-refractivity contribution in [1.82, 2.24) is 10.3 Å². The highest BCUT2D eigenvalue weighted by Crippen LogP contribution is 2.43. The third-order valence-corrected chi connectivity index (χ3v) is 7.07. The van der Waals surface area contributed by atoms with E-state index in [0.29, 0.717) is 33.8 Å². The minimum absolute atomic E-state index is 0.120. The summed E-state index contributed by atoms with van der Waals surface area (Å²) < 4.78 is 0. The summed E-state index contributed by atoms with van der Waals surface area (Å²) in [6, 6.07) is 7.50. The third-order valence-electron chi connectivity index (χ3n) is 6.62. The molecule has 0 bridgehead atoms. The van der Waals surface area contributed by atoms with Crippen LogP contribution in [0.5, 0.6) is 0 Å². The molecule has 0 spiro atoms. The van der Waals surface area contributed by atoms with Crippen LogP contribution in [0.25, 0.3) is 0 Å². The van der Waals surface area contributed by atoms with Crippen molar-refractivity contribution in [3.63, 3.8) is 0 Å². The van der Waals surface area contributed by atoms with Crippen LogP contribution in [0, 0.1) is 12.8 Å². The molecule has 2 heterocycles. The van der Waals surface area contributed by atoms with Gasteiger partial charge in [0.2, 0.25) is 5.91 Å². The van der Waals surface area contributed by atoms with Crippen molar-refractivity contribution in [2.45, 2.75) is 57.9 Å². The number of halogens is 2. The second-order valence-electron chi connectivity index (χ2n) is 9.18. The van der Waals surface area contributed by atoms with E-state index in [4.69, 9.17) is 23.2 Å². The Morgan fingerprint density at radius 2 is 1.87 bits per heavy atom. The molecule has 1 aliphatic heterocycles. The van der Waals surface area contributed by atoms with Crippen LogP contribution in [0.3, 0.4) is 0 Å². The van der Waals surface area contributed by atoms with Crippen molar-refractivity contribution in [2.75, 3.05) is 11.4 Å². The van der Waals surface area contributed by atoms with Gasteiger partial charge in [-0.1, -0.05) is 29.3 Å². The number of hydrogen-bond acceptors (Lipinski definition) is 3. The standard InChI is InChI=1S/C24H27Cl2N3O2/c1-14-19(10-17(26)12-27-14)22(30)28-18-7-4-15(5-8-18)13-29-21-11-16(25)6-9-20(21)24(2,3)23(29)31/h6,9-12,15,18H,4-5,7-8,13H2,1-3H3,(H,28,30). The van der Waals surface area contributed by atoms with E-state index in [1.54, 1.807) is 19.2 Å². The first-order chi connectivity index (χ1) is 14.7. The zero-order valence-electron chi connectivity index (χ0n) is 18.0. The molecular formula is C24H27Cl2N3O2. The van der Waals surface area contributed by atoms with Gasteiger partial charge in [-0.05, 0) is 76.1 Å². The fraction of sp³-hybridized carbons (Fsp3) is 0.458. The summed E-state index contributed by atoms with van der Waals surface area (Å²) in [5.41, 5.74) is 2.62. The van der Waals surface area contributed by atoms with Crippen molar-refractivity contribution >= 4 is 40.7 Å². The second kappa shape index (κ2) is 8.44. The predicted molar refractivity (Wildman–Crippen MR) is 124 cm³/mol. The number of aryl methyl sites for hydroxylation is 1. The van der Waals surface area contributed by atoms with Crippen LogP contribution in [0.1, 0.15) is 61.1 Å². The number of rotatable bonds is 4. The van der Waals surface area contributed by atoms with E-state index in [1.165, 1.54) is 0 Å². The first-order valence-electron chi connectivity index (χ1n) is 10.7. The monoisotopic (exact) mass is 459 g/mol. The van der Waals surface area contributed by atoms with E-state index in [-0.39, 0.29) is 17.9 Å². The van der Waals surface area contributed by atoms with Crippen LogP contribution < -0.4 is 10.2 Å². The minimum atomic E-state index is -0.534. The predicted octanol–water partition coefficient (Wildman–Crippen LogP) is 5.31. The summed E-state index contributed by atoms with van der Waals surface area (Å²) in [5.74, 6) is 0.396. The third kappa shape index (κ3) is 4.31. The summed E-state index contributed by atoms with van der Waals surface area (Å²) in [4.78, 5) is 31.8. The Balaban J connectivity index is 1.38. The number of hydrogen-bond donors (Lipinski definition) is 1. The number of benzene rings is 1. The number of nitrogens with zero attached hydrogens (tertiary/aromatic N) is 2. The van der Waals surface area contributed by atoms with E-state index in [9.17, 15) is 9.59 Å². The Morgan fingerprint density at radius 3 is 2.58 bits per heavy atom. The molecule has 2 amide bonds. The smallest absolute Gasteiger partial charge is 0.253 e. The van der Waals surface area contributed by atoms with Gasteiger partial charge in [-0.2, -0.15) is 0 Å². The lowest BCUT2D eigenvalue weighted by Crippen LogP contribution is -2.42. The molecule has 1 aromatic carbocycles. The van der Waals surface area contributed by atoms with E-state index in [1.807, 2.05) is 36.9 Å². The first kappa shape index (κ1) is 22.1. The maximum absolute atomic E-state index is 13.1. The van der Waals surface area contributed by atoms with Crippen molar-refractivity contribution in [1.29, 1.82) is 0 Å². The molecule has 1 fully saturated rings. The zero-order chi connectivity index (χ0) is 22.3. The highest BCUT2D eigenvalue weighted by Gasteiger charge is 2.44. The SMILES string of the molecule is Cc1ncc(Cl)cc1C(=O)NC1CCC(CN2C(=O)C(C)(C)c3ccc(Cl)cc32)CC1. The number of amides is 2. The zero-order valence-corrected chi connectivity index (χ0v) is 19.6. The van der Waals surface area contributed by atoms with Crippen LogP contribution in [-0.4, -0.2) is 29.4 Å². The van der Waals surface area contributed by atoms with Crippen molar-refractivity contribution in [2.24, 2.45) is 5.92 Å². The van der Waals surface area contributed by atoms with Crippen LogP contribution in [0.4, 0.5) is 5.69 Å². The van der Waals surface area contributed by atoms with Crippen molar-refractivity contribution in [3.8, 4) is 0 Å². The molecule has 2 aliphatic rings. The maximum atomic E-state index is 13.1. The number of carbonyl (C=O) groups excluding carboxylic acids is 2. The highest BCUT2D eigenvalue weighted by molar-refractivity contribution is 6.31. The molecule has 2 aromatic rings. The molecule has 1 saturated carbocycles. The second-order valence-corrected chi connectivity index (χ2v) is 10.1. The number of aromatic nitrogens is 1. The molecule has 164 valence electrons. The van der Waals surface area contributed by atoms with Gasteiger partial charge >= 0.3 is 0 Å². The lowest BCUT2D eigenvalue weighted by atomic mass is 9.85. The Hall–Kier alpha value is -2.11. The molecule has 7 heteroatoms. The Kier molecular flexibility index (Phi) is 6.01. The number of carbonyl (C=O) groups is 2. The Bertz CT molecular complexity index is 1030. The van der Waals surface area contributed by atoms with Gasteiger partial charge in [0, 0.05) is 29.5 Å². The number of pyridine rings is 1. The molecule has 0 radical (unpaired) electrons. The van der Waals surface area contributed by atoms with Crippen LogP contribution in [0.2, 0.25) is 10.0 Å². The van der Waals surface area contributed by atoms with Gasteiger partial charge in [0.25, 0.3) is 5.91 Å². The molecule has 1 aliphatic carbocycles. The van der Waals surface area contributed by atoms with Gasteiger partial charge in [0.1, 0.15) is 0 Å². The summed E-state index contributed by atoms with van der Waals surface area (Å²) in [7, 11) is 0. The highest BCUT2D eigenvalue weighted by atomic mass is 35.5. The molecule has 0 unspecified atom stereocenters. The Labute approximate surface area is 193 Å². The van der Waals surface area contributed by atoms with Crippen LogP contribution in [0.15, 0.2) is 30.5 Å². The lowest BCUT2D eigenvalue weighted by molar-refractivity contribution is -0.122. The number of nitrogens with one attached hydrogen (secondary N) is 1. The van der Waals surface area contributed by atoms with Crippen LogP contribution >= 0.6 is 23.2 Å². The van der Waals surface area contributed by atoms with Crippen molar-refractivity contribution in [3.05, 3.63) is 57.3 Å². The largest absolute Gasteiger partial charge is 0.349 e. The lowest BCUT2D eigenvalue weighted by Gasteiger charge is -2.32. The van der Waals surface area contributed by atoms with Gasteiger partial charge in [-0.3, -0.25) is 14.6 Å². The van der Waals surface area contributed by atoms with E-state index in [2.05, 4.69) is 10.3 Å². The fourth-order valence-corrected chi connectivity index (χ4v) is 5.07. The topological polar surface area (TPSA) is 62.3 Å². The molecule has 1 aromatic heterocycles. The average Bonchev–Trinajstić information content (AvgIpc) is 2.91. The van der Waals surface area contributed by atoms with E-state index >= 15 is 0 Å². The minimum Gasteiger partial charge on any atom is -0.349 e. The number of anilines is 1.